The second-order valence-corrected chi connectivity index (χ2v) is 5.35. The molecule has 2 atom stereocenters. The minimum Gasteiger partial charge on any atom is -0.324 e. The van der Waals surface area contributed by atoms with Crippen LogP contribution in [0.2, 0.25) is 0 Å². The lowest BCUT2D eigenvalue weighted by molar-refractivity contribution is 0.161. The molecule has 1 aromatic rings. The van der Waals surface area contributed by atoms with Gasteiger partial charge in [-0.1, -0.05) is 6.07 Å². The van der Waals surface area contributed by atoms with Gasteiger partial charge >= 0.3 is 6.03 Å². The van der Waals surface area contributed by atoms with Gasteiger partial charge in [-0.3, -0.25) is 0 Å². The molecule has 0 aromatic heterocycles. The summed E-state index contributed by atoms with van der Waals surface area (Å²) >= 11 is 0. The number of urea groups is 1. The predicted molar refractivity (Wildman–Crippen MR) is 71.5 cm³/mol. The molecule has 2 unspecified atom stereocenters. The largest absolute Gasteiger partial charge is 0.324 e. The number of hydrogen-bond acceptors (Lipinski definition) is 2. The molecule has 2 N–H and O–H groups in total. The van der Waals surface area contributed by atoms with Gasteiger partial charge in [0, 0.05) is 18.8 Å². The zero-order valence-electron chi connectivity index (χ0n) is 10.7. The molecular weight excluding hydrogens is 245 g/mol. The maximum atomic E-state index is 13.1. The van der Waals surface area contributed by atoms with Crippen molar-refractivity contribution in [1.82, 2.24) is 10.2 Å². The van der Waals surface area contributed by atoms with Gasteiger partial charge in [0.05, 0.1) is 0 Å². The predicted octanol–water partition coefficient (Wildman–Crippen LogP) is 1.90. The molecule has 2 amide bonds. The van der Waals surface area contributed by atoms with Gasteiger partial charge in [-0.25, -0.2) is 9.18 Å². The SMILES string of the molecule is O=C(Nc1cccc(F)c1)N1CCC2CNCC2C1. The van der Waals surface area contributed by atoms with Crippen LogP contribution in [-0.4, -0.2) is 37.1 Å². The lowest BCUT2D eigenvalue weighted by atomic mass is 9.89. The average Bonchev–Trinajstić information content (AvgIpc) is 2.85. The van der Waals surface area contributed by atoms with E-state index in [1.165, 1.54) is 12.1 Å². The number of halogens is 1. The Bertz CT molecular complexity index is 480. The molecule has 19 heavy (non-hydrogen) atoms. The van der Waals surface area contributed by atoms with Crippen molar-refractivity contribution in [2.24, 2.45) is 11.8 Å². The third-order valence-electron chi connectivity index (χ3n) is 4.07. The average molecular weight is 263 g/mol. The third kappa shape index (κ3) is 2.71. The van der Waals surface area contributed by atoms with Crippen molar-refractivity contribution >= 4 is 11.7 Å². The normalized spacial score (nSPS) is 26.1. The number of carbonyl (C=O) groups is 1. The van der Waals surface area contributed by atoms with Crippen LogP contribution < -0.4 is 10.6 Å². The van der Waals surface area contributed by atoms with E-state index in [0.29, 0.717) is 17.5 Å². The minimum absolute atomic E-state index is 0.129. The molecule has 5 heteroatoms. The molecule has 2 aliphatic rings. The molecule has 0 radical (unpaired) electrons. The highest BCUT2D eigenvalue weighted by Crippen LogP contribution is 2.26. The van der Waals surface area contributed by atoms with Crippen LogP contribution in [0, 0.1) is 17.7 Å². The summed E-state index contributed by atoms with van der Waals surface area (Å²) in [4.78, 5) is 14.0. The lowest BCUT2D eigenvalue weighted by Gasteiger charge is -2.34. The van der Waals surface area contributed by atoms with E-state index in [-0.39, 0.29) is 11.8 Å². The molecule has 1 aromatic carbocycles. The first-order chi connectivity index (χ1) is 9.22. The van der Waals surface area contributed by atoms with Crippen LogP contribution in [0.5, 0.6) is 0 Å². The highest BCUT2D eigenvalue weighted by Gasteiger charge is 2.34. The summed E-state index contributed by atoms with van der Waals surface area (Å²) in [6.45, 7) is 3.64. The number of rotatable bonds is 1. The molecule has 2 aliphatic heterocycles. The van der Waals surface area contributed by atoms with Crippen LogP contribution >= 0.6 is 0 Å². The van der Waals surface area contributed by atoms with E-state index in [0.717, 1.165) is 32.6 Å². The van der Waals surface area contributed by atoms with Gasteiger partial charge in [0.15, 0.2) is 0 Å². The Labute approximate surface area is 112 Å². The van der Waals surface area contributed by atoms with Crippen LogP contribution in [0.1, 0.15) is 6.42 Å². The number of likely N-dealkylation sites (tertiary alicyclic amines) is 1. The summed E-state index contributed by atoms with van der Waals surface area (Å²) in [7, 11) is 0. The maximum absolute atomic E-state index is 13.1. The number of benzene rings is 1. The molecule has 0 aliphatic carbocycles. The van der Waals surface area contributed by atoms with Gasteiger partial charge in [-0.05, 0) is 49.5 Å². The zero-order valence-corrected chi connectivity index (χ0v) is 10.7. The summed E-state index contributed by atoms with van der Waals surface area (Å²) in [6, 6.07) is 5.87. The Balaban J connectivity index is 1.61. The fraction of sp³-hybridized carbons (Fsp3) is 0.500. The lowest BCUT2D eigenvalue weighted by Crippen LogP contribution is -2.45. The number of anilines is 1. The number of nitrogens with one attached hydrogen (secondary N) is 2. The first kappa shape index (κ1) is 12.4. The second kappa shape index (κ2) is 5.17. The third-order valence-corrected chi connectivity index (χ3v) is 4.07. The zero-order chi connectivity index (χ0) is 13.2. The smallest absolute Gasteiger partial charge is 0.321 e. The molecule has 4 nitrogen and oxygen atoms in total. The first-order valence-corrected chi connectivity index (χ1v) is 6.74. The monoisotopic (exact) mass is 263 g/mol. The van der Waals surface area contributed by atoms with Gasteiger partial charge in [-0.15, -0.1) is 0 Å². The van der Waals surface area contributed by atoms with Crippen LogP contribution in [0.25, 0.3) is 0 Å². The van der Waals surface area contributed by atoms with E-state index >= 15 is 0 Å². The molecule has 2 heterocycles. The Morgan fingerprint density at radius 2 is 2.21 bits per heavy atom. The first-order valence-electron chi connectivity index (χ1n) is 6.74. The Morgan fingerprint density at radius 1 is 1.37 bits per heavy atom. The van der Waals surface area contributed by atoms with Gasteiger partial charge in [0.25, 0.3) is 0 Å². The van der Waals surface area contributed by atoms with E-state index < -0.39 is 0 Å². The topological polar surface area (TPSA) is 44.4 Å². The highest BCUT2D eigenvalue weighted by molar-refractivity contribution is 5.89. The molecular formula is C14H18FN3O. The number of carbonyl (C=O) groups excluding carboxylic acids is 1. The van der Waals surface area contributed by atoms with Crippen LogP contribution in [0.4, 0.5) is 14.9 Å². The van der Waals surface area contributed by atoms with Gasteiger partial charge in [-0.2, -0.15) is 0 Å². The summed E-state index contributed by atoms with van der Waals surface area (Å²) in [5.74, 6) is 0.932. The van der Waals surface area contributed by atoms with E-state index in [2.05, 4.69) is 10.6 Å². The van der Waals surface area contributed by atoms with Gasteiger partial charge in [0.1, 0.15) is 5.82 Å². The number of piperidine rings is 1. The van der Waals surface area contributed by atoms with Gasteiger partial charge < -0.3 is 15.5 Å². The van der Waals surface area contributed by atoms with E-state index in [1.54, 1.807) is 12.1 Å². The van der Waals surface area contributed by atoms with Crippen molar-refractivity contribution in [2.75, 3.05) is 31.5 Å². The fourth-order valence-electron chi connectivity index (χ4n) is 2.99. The molecule has 0 saturated carbocycles. The standard InChI is InChI=1S/C14H18FN3O/c15-12-2-1-3-13(6-12)17-14(19)18-5-4-10-7-16-8-11(10)9-18/h1-3,6,10-11,16H,4-5,7-9H2,(H,17,19). The van der Waals surface area contributed by atoms with E-state index in [1.807, 2.05) is 4.90 Å². The highest BCUT2D eigenvalue weighted by atomic mass is 19.1. The maximum Gasteiger partial charge on any atom is 0.321 e. The van der Waals surface area contributed by atoms with Crippen molar-refractivity contribution in [3.05, 3.63) is 30.1 Å². The second-order valence-electron chi connectivity index (χ2n) is 5.35. The molecule has 0 bridgehead atoms. The number of amides is 2. The summed E-state index contributed by atoms with van der Waals surface area (Å²) in [5.41, 5.74) is 0.511. The number of fused-ring (bicyclic) bond motifs is 1. The summed E-state index contributed by atoms with van der Waals surface area (Å²) in [6.07, 6.45) is 1.05. The molecule has 102 valence electrons. The molecule has 0 spiro atoms. The quantitative estimate of drug-likeness (QED) is 0.812. The van der Waals surface area contributed by atoms with Crippen molar-refractivity contribution in [3.63, 3.8) is 0 Å². The van der Waals surface area contributed by atoms with Crippen molar-refractivity contribution in [2.45, 2.75) is 6.42 Å². The van der Waals surface area contributed by atoms with Crippen LogP contribution in [-0.2, 0) is 0 Å². The van der Waals surface area contributed by atoms with Crippen LogP contribution in [0.3, 0.4) is 0 Å². The van der Waals surface area contributed by atoms with E-state index in [9.17, 15) is 9.18 Å². The summed E-state index contributed by atoms with van der Waals surface area (Å²) in [5, 5.41) is 6.13. The Kier molecular flexibility index (Phi) is 3.38. The molecule has 2 saturated heterocycles. The summed E-state index contributed by atoms with van der Waals surface area (Å²) < 4.78 is 13.1. The number of nitrogens with zero attached hydrogens (tertiary/aromatic N) is 1. The fourth-order valence-corrected chi connectivity index (χ4v) is 2.99. The number of hydrogen-bond donors (Lipinski definition) is 2. The van der Waals surface area contributed by atoms with Crippen molar-refractivity contribution < 1.29 is 9.18 Å². The van der Waals surface area contributed by atoms with Gasteiger partial charge in [0.2, 0.25) is 0 Å². The Morgan fingerprint density at radius 3 is 3.05 bits per heavy atom. The minimum atomic E-state index is -0.337. The molecule has 2 fully saturated rings. The van der Waals surface area contributed by atoms with E-state index in [4.69, 9.17) is 0 Å². The molecule has 3 rings (SSSR count). The van der Waals surface area contributed by atoms with Crippen LogP contribution in [0.15, 0.2) is 24.3 Å². The Hall–Kier alpha value is -1.62. The van der Waals surface area contributed by atoms with Crippen molar-refractivity contribution in [3.8, 4) is 0 Å². The van der Waals surface area contributed by atoms with Crippen molar-refractivity contribution in [1.29, 1.82) is 0 Å².